The molecule has 0 bridgehead atoms. The summed E-state index contributed by atoms with van der Waals surface area (Å²) in [6.45, 7) is 0.295. The number of ether oxygens (including phenoxy) is 2. The van der Waals surface area contributed by atoms with Crippen molar-refractivity contribution in [1.82, 2.24) is 0 Å². The number of carbonyl (C=O) groups excluding carboxylic acids is 1. The zero-order valence-electron chi connectivity index (χ0n) is 16.9. The Morgan fingerprint density at radius 1 is 1.16 bits per heavy atom. The van der Waals surface area contributed by atoms with Crippen LogP contribution in [0.5, 0.6) is 11.5 Å². The van der Waals surface area contributed by atoms with Crippen LogP contribution in [-0.2, 0) is 11.4 Å². The normalized spacial score (nSPS) is 10.9. The van der Waals surface area contributed by atoms with Crippen LogP contribution in [0, 0.1) is 11.3 Å². The molecule has 0 aliphatic heterocycles. The third-order valence-electron chi connectivity index (χ3n) is 4.30. The van der Waals surface area contributed by atoms with Gasteiger partial charge in [0.15, 0.2) is 11.5 Å². The van der Waals surface area contributed by atoms with Crippen molar-refractivity contribution in [3.63, 3.8) is 0 Å². The van der Waals surface area contributed by atoms with Gasteiger partial charge in [-0.1, -0.05) is 39.7 Å². The van der Waals surface area contributed by atoms with Crippen LogP contribution in [-0.4, -0.2) is 13.0 Å². The number of nitrogens with zero attached hydrogens (tertiary/aromatic N) is 1. The van der Waals surface area contributed by atoms with Gasteiger partial charge in [0.25, 0.3) is 5.91 Å². The highest BCUT2D eigenvalue weighted by molar-refractivity contribution is 9.10. The first kappa shape index (κ1) is 23.9. The number of benzene rings is 3. The Hall–Kier alpha value is -2.79. The van der Waals surface area contributed by atoms with Gasteiger partial charge in [0.1, 0.15) is 18.2 Å². The Morgan fingerprint density at radius 3 is 2.56 bits per heavy atom. The number of nitrogens with one attached hydrogen (secondary N) is 1. The average Bonchev–Trinajstić information content (AvgIpc) is 2.77. The van der Waals surface area contributed by atoms with Crippen molar-refractivity contribution in [3.8, 4) is 17.6 Å². The molecule has 3 aromatic carbocycles. The average molecular weight is 577 g/mol. The van der Waals surface area contributed by atoms with Crippen LogP contribution in [0.15, 0.2) is 75.2 Å². The third kappa shape index (κ3) is 6.36. The van der Waals surface area contributed by atoms with Gasteiger partial charge in [-0.2, -0.15) is 5.26 Å². The van der Waals surface area contributed by atoms with Gasteiger partial charge in [0.2, 0.25) is 0 Å². The SMILES string of the molecule is COc1cc(/C=C(\C#N)C(=O)Nc2ccc(Br)cc2)cc(Br)c1OCc1cccc(Cl)c1. The van der Waals surface area contributed by atoms with E-state index in [0.29, 0.717) is 38.9 Å². The predicted molar refractivity (Wildman–Crippen MR) is 133 cm³/mol. The van der Waals surface area contributed by atoms with Crippen LogP contribution in [0.25, 0.3) is 6.08 Å². The van der Waals surface area contributed by atoms with Crippen molar-refractivity contribution < 1.29 is 14.3 Å². The Balaban J connectivity index is 1.81. The van der Waals surface area contributed by atoms with Crippen LogP contribution in [0.2, 0.25) is 5.02 Å². The summed E-state index contributed by atoms with van der Waals surface area (Å²) in [6.07, 6.45) is 1.49. The molecule has 0 aromatic heterocycles. The molecule has 3 aromatic rings. The molecule has 0 unspecified atom stereocenters. The lowest BCUT2D eigenvalue weighted by atomic mass is 10.1. The van der Waals surface area contributed by atoms with Crippen molar-refractivity contribution in [2.75, 3.05) is 12.4 Å². The first-order valence-electron chi connectivity index (χ1n) is 9.33. The minimum Gasteiger partial charge on any atom is -0.493 e. The second-order valence-electron chi connectivity index (χ2n) is 6.58. The molecule has 0 atom stereocenters. The molecule has 0 aliphatic carbocycles. The highest BCUT2D eigenvalue weighted by Gasteiger charge is 2.14. The topological polar surface area (TPSA) is 71.3 Å². The standard InChI is InChI=1S/C24H17Br2ClN2O3/c1-31-22-12-16(9-17(13-28)24(30)29-20-7-5-18(25)6-8-20)11-21(26)23(22)32-14-15-3-2-4-19(27)10-15/h2-12H,14H2,1H3,(H,29,30)/b17-9+. The second kappa shape index (κ2) is 11.2. The Kier molecular flexibility index (Phi) is 8.34. The van der Waals surface area contributed by atoms with Crippen LogP contribution in [0.4, 0.5) is 5.69 Å². The van der Waals surface area contributed by atoms with E-state index in [4.69, 9.17) is 21.1 Å². The largest absolute Gasteiger partial charge is 0.493 e. The number of rotatable bonds is 7. The van der Waals surface area contributed by atoms with Crippen molar-refractivity contribution >= 4 is 61.1 Å². The summed E-state index contributed by atoms with van der Waals surface area (Å²) in [7, 11) is 1.52. The molecule has 0 radical (unpaired) electrons. The second-order valence-corrected chi connectivity index (χ2v) is 8.79. The van der Waals surface area contributed by atoms with E-state index in [2.05, 4.69) is 37.2 Å². The van der Waals surface area contributed by atoms with E-state index in [9.17, 15) is 10.1 Å². The van der Waals surface area contributed by atoms with Gasteiger partial charge in [0.05, 0.1) is 11.6 Å². The molecule has 0 heterocycles. The summed E-state index contributed by atoms with van der Waals surface area (Å²) in [6, 6.07) is 19.8. The fourth-order valence-corrected chi connectivity index (χ4v) is 3.84. The van der Waals surface area contributed by atoms with Gasteiger partial charge >= 0.3 is 0 Å². The number of hydrogen-bond acceptors (Lipinski definition) is 4. The summed E-state index contributed by atoms with van der Waals surface area (Å²) in [5, 5.41) is 12.8. The smallest absolute Gasteiger partial charge is 0.266 e. The molecule has 0 aliphatic rings. The van der Waals surface area contributed by atoms with E-state index in [-0.39, 0.29) is 5.57 Å². The molecule has 0 spiro atoms. The summed E-state index contributed by atoms with van der Waals surface area (Å²) < 4.78 is 12.9. The zero-order chi connectivity index (χ0) is 23.1. The van der Waals surface area contributed by atoms with E-state index < -0.39 is 5.91 Å². The van der Waals surface area contributed by atoms with E-state index in [1.54, 1.807) is 42.5 Å². The third-order valence-corrected chi connectivity index (χ3v) is 5.65. The molecule has 0 saturated heterocycles. The summed E-state index contributed by atoms with van der Waals surface area (Å²) in [4.78, 5) is 12.5. The maximum atomic E-state index is 12.5. The molecule has 32 heavy (non-hydrogen) atoms. The van der Waals surface area contributed by atoms with E-state index in [1.807, 2.05) is 24.3 Å². The molecule has 5 nitrogen and oxygen atoms in total. The quantitative estimate of drug-likeness (QED) is 0.243. The molecule has 0 saturated carbocycles. The van der Waals surface area contributed by atoms with Crippen LogP contribution >= 0.6 is 43.5 Å². The molecular formula is C24H17Br2ClN2O3. The zero-order valence-corrected chi connectivity index (χ0v) is 20.8. The number of nitriles is 1. The van der Waals surface area contributed by atoms with Crippen LogP contribution < -0.4 is 14.8 Å². The minimum absolute atomic E-state index is 0.0468. The molecule has 3 rings (SSSR count). The van der Waals surface area contributed by atoms with Gasteiger partial charge in [-0.05, 0) is 81.7 Å². The number of methoxy groups -OCH3 is 1. The molecule has 0 fully saturated rings. The van der Waals surface area contributed by atoms with Gasteiger partial charge in [-0.25, -0.2) is 0 Å². The van der Waals surface area contributed by atoms with Gasteiger partial charge in [-0.15, -0.1) is 0 Å². The fourth-order valence-electron chi connectivity index (χ4n) is 2.79. The lowest BCUT2D eigenvalue weighted by molar-refractivity contribution is -0.112. The summed E-state index contributed by atoms with van der Waals surface area (Å²) in [5.41, 5.74) is 2.05. The maximum Gasteiger partial charge on any atom is 0.266 e. The van der Waals surface area contributed by atoms with Crippen molar-refractivity contribution in [1.29, 1.82) is 5.26 Å². The predicted octanol–water partition coefficient (Wildman–Crippen LogP) is 7.00. The van der Waals surface area contributed by atoms with Crippen molar-refractivity contribution in [3.05, 3.63) is 91.3 Å². The monoisotopic (exact) mass is 574 g/mol. The minimum atomic E-state index is -0.508. The summed E-state index contributed by atoms with van der Waals surface area (Å²) >= 11 is 12.9. The lowest BCUT2D eigenvalue weighted by Gasteiger charge is -2.14. The highest BCUT2D eigenvalue weighted by atomic mass is 79.9. The number of halogens is 3. The molecule has 8 heteroatoms. The number of carbonyl (C=O) groups is 1. The molecule has 1 amide bonds. The Morgan fingerprint density at radius 2 is 1.91 bits per heavy atom. The van der Waals surface area contributed by atoms with Crippen LogP contribution in [0.1, 0.15) is 11.1 Å². The van der Waals surface area contributed by atoms with Gasteiger partial charge in [0, 0.05) is 15.2 Å². The number of amides is 1. The Labute approximate surface area is 207 Å². The fraction of sp³-hybridized carbons (Fsp3) is 0.0833. The van der Waals surface area contributed by atoms with Crippen molar-refractivity contribution in [2.45, 2.75) is 6.61 Å². The Bertz CT molecular complexity index is 1200. The molecular weight excluding hydrogens is 560 g/mol. The lowest BCUT2D eigenvalue weighted by Crippen LogP contribution is -2.13. The number of hydrogen-bond donors (Lipinski definition) is 1. The molecule has 1 N–H and O–H groups in total. The number of anilines is 1. The first-order chi connectivity index (χ1) is 15.4. The first-order valence-corrected chi connectivity index (χ1v) is 11.3. The summed E-state index contributed by atoms with van der Waals surface area (Å²) in [5.74, 6) is 0.451. The highest BCUT2D eigenvalue weighted by Crippen LogP contribution is 2.38. The van der Waals surface area contributed by atoms with Gasteiger partial charge < -0.3 is 14.8 Å². The van der Waals surface area contributed by atoms with E-state index >= 15 is 0 Å². The van der Waals surface area contributed by atoms with Crippen LogP contribution in [0.3, 0.4) is 0 Å². The maximum absolute atomic E-state index is 12.5. The van der Waals surface area contributed by atoms with Crippen molar-refractivity contribution in [2.24, 2.45) is 0 Å². The van der Waals surface area contributed by atoms with E-state index in [1.165, 1.54) is 13.2 Å². The van der Waals surface area contributed by atoms with Gasteiger partial charge in [-0.3, -0.25) is 4.79 Å². The molecule has 162 valence electrons. The van der Waals surface area contributed by atoms with E-state index in [0.717, 1.165) is 10.0 Å².